The molecule has 4 nitrogen and oxygen atoms in total. The summed E-state index contributed by atoms with van der Waals surface area (Å²) in [7, 11) is 0. The molecule has 4 aromatic rings. The molecule has 0 saturated heterocycles. The Balaban J connectivity index is 1.99. The Kier molecular flexibility index (Phi) is 3.23. The first kappa shape index (κ1) is 14.1. The molecule has 0 radical (unpaired) electrons. The molecule has 0 spiro atoms. The normalized spacial score (nSPS) is 11.3. The number of hydrogen-bond acceptors (Lipinski definition) is 4. The summed E-state index contributed by atoms with van der Waals surface area (Å²) in [5, 5.41) is 8.53. The third-order valence-electron chi connectivity index (χ3n) is 4.03. The fourth-order valence-electron chi connectivity index (χ4n) is 3.20. The number of nitrogens with zero attached hydrogens (tertiary/aromatic N) is 4. The van der Waals surface area contributed by atoms with Crippen molar-refractivity contribution in [3.05, 3.63) is 58.9 Å². The molecule has 23 heavy (non-hydrogen) atoms. The van der Waals surface area contributed by atoms with Gasteiger partial charge >= 0.3 is 0 Å². The number of benzene rings is 2. The lowest BCUT2D eigenvalue weighted by atomic mass is 10.0. The van der Waals surface area contributed by atoms with Crippen LogP contribution < -0.4 is 0 Å². The van der Waals surface area contributed by atoms with Gasteiger partial charge in [0.2, 0.25) is 0 Å². The zero-order chi connectivity index (χ0) is 16.0. The van der Waals surface area contributed by atoms with Crippen molar-refractivity contribution in [3.63, 3.8) is 0 Å². The van der Waals surface area contributed by atoms with Crippen molar-refractivity contribution in [2.75, 3.05) is 0 Å². The maximum absolute atomic E-state index is 4.51. The molecule has 0 fully saturated rings. The molecule has 2 aromatic heterocycles. The van der Waals surface area contributed by atoms with E-state index in [0.717, 1.165) is 27.3 Å². The summed E-state index contributed by atoms with van der Waals surface area (Å²) >= 11 is 1.64. The number of hydrogen-bond donors (Lipinski definition) is 0. The third-order valence-corrected chi connectivity index (χ3v) is 4.82. The lowest BCUT2D eigenvalue weighted by molar-refractivity contribution is 1.03. The number of rotatable bonds is 2. The first-order chi connectivity index (χ1) is 11.1. The smallest absolute Gasteiger partial charge is 0.170 e. The second-order valence-corrected chi connectivity index (χ2v) is 6.66. The van der Waals surface area contributed by atoms with Crippen molar-refractivity contribution in [2.45, 2.75) is 20.8 Å². The summed E-state index contributed by atoms with van der Waals surface area (Å²) < 4.78 is 3.23. The zero-order valence-corrected chi connectivity index (χ0v) is 14.1. The maximum Gasteiger partial charge on any atom is 0.170 e. The highest BCUT2D eigenvalue weighted by molar-refractivity contribution is 7.16. The summed E-state index contributed by atoms with van der Waals surface area (Å²) in [5.74, 6) is 0.830. The van der Waals surface area contributed by atoms with Crippen LogP contribution in [0.1, 0.15) is 16.7 Å². The molecule has 0 amide bonds. The molecule has 0 atom stereocenters. The number of aryl methyl sites for hydroxylation is 3. The molecule has 2 heterocycles. The zero-order valence-electron chi connectivity index (χ0n) is 13.2. The average Bonchev–Trinajstić information content (AvgIpc) is 3.14. The van der Waals surface area contributed by atoms with Gasteiger partial charge in [-0.1, -0.05) is 23.8 Å². The van der Waals surface area contributed by atoms with Gasteiger partial charge in [-0.2, -0.15) is 0 Å². The van der Waals surface area contributed by atoms with E-state index >= 15 is 0 Å². The molecular formula is C18H16N4S. The van der Waals surface area contributed by atoms with Gasteiger partial charge in [0.15, 0.2) is 5.82 Å². The Labute approximate surface area is 138 Å². The van der Waals surface area contributed by atoms with Crippen LogP contribution in [-0.2, 0) is 0 Å². The molecule has 0 N–H and O–H groups in total. The lowest BCUT2D eigenvalue weighted by Gasteiger charge is -2.14. The Morgan fingerprint density at radius 3 is 2.61 bits per heavy atom. The molecule has 5 heteroatoms. The van der Waals surface area contributed by atoms with Gasteiger partial charge in [-0.05, 0) is 44.0 Å². The van der Waals surface area contributed by atoms with Crippen LogP contribution in [0.3, 0.4) is 0 Å². The van der Waals surface area contributed by atoms with Crippen molar-refractivity contribution < 1.29 is 0 Å². The lowest BCUT2D eigenvalue weighted by Crippen LogP contribution is -2.02. The highest BCUT2D eigenvalue weighted by Crippen LogP contribution is 2.31. The Hall–Kier alpha value is -2.53. The second kappa shape index (κ2) is 5.28. The van der Waals surface area contributed by atoms with E-state index in [-0.39, 0.29) is 0 Å². The molecule has 0 bridgehead atoms. The largest absolute Gasteiger partial charge is 0.281 e. The minimum absolute atomic E-state index is 0.830. The van der Waals surface area contributed by atoms with Crippen molar-refractivity contribution >= 4 is 21.6 Å². The average molecular weight is 320 g/mol. The van der Waals surface area contributed by atoms with E-state index in [9.17, 15) is 0 Å². The van der Waals surface area contributed by atoms with Crippen molar-refractivity contribution in [3.8, 4) is 17.1 Å². The van der Waals surface area contributed by atoms with Crippen LogP contribution in [0.25, 0.3) is 27.3 Å². The summed E-state index contributed by atoms with van der Waals surface area (Å²) in [6.07, 6.45) is 1.78. The summed E-state index contributed by atoms with van der Waals surface area (Å²) in [4.78, 5) is 4.51. The van der Waals surface area contributed by atoms with Gasteiger partial charge in [0.05, 0.1) is 21.4 Å². The molecule has 4 rings (SSSR count). The van der Waals surface area contributed by atoms with Crippen LogP contribution in [0.2, 0.25) is 0 Å². The number of para-hydroxylation sites is 1. The third kappa shape index (κ3) is 2.24. The second-order valence-electron chi connectivity index (χ2n) is 5.78. The van der Waals surface area contributed by atoms with Gasteiger partial charge < -0.3 is 0 Å². The molecule has 0 unspecified atom stereocenters. The number of fused-ring (bicyclic) bond motifs is 1. The van der Waals surface area contributed by atoms with Gasteiger partial charge in [-0.15, -0.1) is 21.5 Å². The number of thiazole rings is 1. The van der Waals surface area contributed by atoms with E-state index in [1.165, 1.54) is 16.7 Å². The Morgan fingerprint density at radius 1 is 1.04 bits per heavy atom. The van der Waals surface area contributed by atoms with Gasteiger partial charge in [-0.3, -0.25) is 4.57 Å². The van der Waals surface area contributed by atoms with Gasteiger partial charge in [-0.25, -0.2) is 4.98 Å². The van der Waals surface area contributed by atoms with Gasteiger partial charge in [0.1, 0.15) is 6.33 Å². The Morgan fingerprint density at radius 2 is 1.83 bits per heavy atom. The van der Waals surface area contributed by atoms with E-state index in [1.807, 2.05) is 11.6 Å². The van der Waals surface area contributed by atoms with Gasteiger partial charge in [0.25, 0.3) is 0 Å². The Bertz CT molecular complexity index is 990. The molecule has 0 aliphatic rings. The highest BCUT2D eigenvalue weighted by atomic mass is 32.1. The van der Waals surface area contributed by atoms with E-state index < -0.39 is 0 Å². The summed E-state index contributed by atoms with van der Waals surface area (Å²) in [6.45, 7) is 6.37. The molecular weight excluding hydrogens is 304 g/mol. The van der Waals surface area contributed by atoms with Crippen molar-refractivity contribution in [1.82, 2.24) is 19.7 Å². The van der Waals surface area contributed by atoms with Crippen molar-refractivity contribution in [2.24, 2.45) is 0 Å². The van der Waals surface area contributed by atoms with Crippen molar-refractivity contribution in [1.29, 1.82) is 0 Å². The monoisotopic (exact) mass is 320 g/mol. The molecule has 0 aliphatic carbocycles. The molecule has 2 aromatic carbocycles. The maximum atomic E-state index is 4.51. The molecule has 0 saturated carbocycles. The van der Waals surface area contributed by atoms with Gasteiger partial charge in [0, 0.05) is 5.56 Å². The van der Waals surface area contributed by atoms with E-state index in [1.54, 1.807) is 17.7 Å². The summed E-state index contributed by atoms with van der Waals surface area (Å²) in [6, 6.07) is 10.6. The summed E-state index contributed by atoms with van der Waals surface area (Å²) in [5.41, 5.74) is 8.71. The van der Waals surface area contributed by atoms with Crippen LogP contribution >= 0.6 is 11.3 Å². The minimum atomic E-state index is 0.830. The molecule has 0 aliphatic heterocycles. The predicted molar refractivity (Wildman–Crippen MR) is 94.2 cm³/mol. The highest BCUT2D eigenvalue weighted by Gasteiger charge is 2.16. The van der Waals surface area contributed by atoms with Crippen LogP contribution in [-0.4, -0.2) is 19.7 Å². The fourth-order valence-corrected chi connectivity index (χ4v) is 3.90. The van der Waals surface area contributed by atoms with E-state index in [0.29, 0.717) is 0 Å². The number of aromatic nitrogens is 4. The predicted octanol–water partition coefficient (Wildman–Crippen LogP) is 4.47. The SMILES string of the molecule is Cc1cc(C)c(-n2cnnc2-c2cccc3scnc23)c(C)c1. The quantitative estimate of drug-likeness (QED) is 0.547. The first-order valence-corrected chi connectivity index (χ1v) is 8.34. The standard InChI is InChI=1S/C18H16N4S/c1-11-7-12(2)17(13(3)8-11)22-9-20-21-18(22)14-5-4-6-15-16(14)19-10-23-15/h4-10H,1-3H3. The topological polar surface area (TPSA) is 43.6 Å². The fraction of sp³-hybridized carbons (Fsp3) is 0.167. The van der Waals surface area contributed by atoms with Crippen LogP contribution in [0.15, 0.2) is 42.2 Å². The van der Waals surface area contributed by atoms with Crippen LogP contribution in [0.4, 0.5) is 0 Å². The van der Waals surface area contributed by atoms with Crippen LogP contribution in [0.5, 0.6) is 0 Å². The van der Waals surface area contributed by atoms with E-state index in [4.69, 9.17) is 0 Å². The first-order valence-electron chi connectivity index (χ1n) is 7.46. The van der Waals surface area contributed by atoms with Crippen LogP contribution in [0, 0.1) is 20.8 Å². The van der Waals surface area contributed by atoms with E-state index in [2.05, 4.69) is 64.8 Å². The molecule has 114 valence electrons. The minimum Gasteiger partial charge on any atom is -0.281 e.